The van der Waals surface area contributed by atoms with Crippen LogP contribution in [0.3, 0.4) is 0 Å². The second kappa shape index (κ2) is 6.60. The highest BCUT2D eigenvalue weighted by Gasteiger charge is 2.33. The van der Waals surface area contributed by atoms with E-state index in [1.807, 2.05) is 18.2 Å². The molecule has 1 aliphatic heterocycles. The monoisotopic (exact) mass is 363 g/mol. The molecule has 25 heavy (non-hydrogen) atoms. The number of hydrogen-bond acceptors (Lipinski definition) is 2. The van der Waals surface area contributed by atoms with Crippen LogP contribution in [0, 0.1) is 0 Å². The molecule has 2 aliphatic rings. The van der Waals surface area contributed by atoms with Crippen LogP contribution >= 0.6 is 11.8 Å². The van der Waals surface area contributed by atoms with Crippen LogP contribution < -0.4 is 5.32 Å². The van der Waals surface area contributed by atoms with Gasteiger partial charge in [-0.1, -0.05) is 49.2 Å². The maximum absolute atomic E-state index is 13.4. The van der Waals surface area contributed by atoms with Crippen LogP contribution in [0.15, 0.2) is 46.2 Å². The molecule has 2 aromatic carbocycles. The summed E-state index contributed by atoms with van der Waals surface area (Å²) >= 11 is 1.45. The molecule has 0 radical (unpaired) electrons. The molecule has 0 aromatic heterocycles. The maximum Gasteiger partial charge on any atom is 0.416 e. The van der Waals surface area contributed by atoms with E-state index in [1.165, 1.54) is 35.9 Å². The SMILES string of the molecule is FC(F)(F)c1cc(NC2CCCCC2)c2c(c1)Sc1ccccc1C2. The molecular formula is C20H20F3NS. The minimum atomic E-state index is -4.32. The molecule has 0 atom stereocenters. The van der Waals surface area contributed by atoms with Crippen molar-refractivity contribution in [3.8, 4) is 0 Å². The molecule has 1 fully saturated rings. The van der Waals surface area contributed by atoms with Crippen LogP contribution in [0.2, 0.25) is 0 Å². The van der Waals surface area contributed by atoms with E-state index in [0.717, 1.165) is 41.0 Å². The Morgan fingerprint density at radius 2 is 1.72 bits per heavy atom. The number of hydrogen-bond donors (Lipinski definition) is 1. The van der Waals surface area contributed by atoms with Crippen LogP contribution in [-0.2, 0) is 12.6 Å². The van der Waals surface area contributed by atoms with Crippen molar-refractivity contribution in [2.45, 2.75) is 60.5 Å². The van der Waals surface area contributed by atoms with Gasteiger partial charge in [0.05, 0.1) is 5.56 Å². The Morgan fingerprint density at radius 1 is 0.960 bits per heavy atom. The molecule has 0 spiro atoms. The molecule has 2 aromatic rings. The summed E-state index contributed by atoms with van der Waals surface area (Å²) in [5, 5.41) is 3.44. The van der Waals surface area contributed by atoms with E-state index in [-0.39, 0.29) is 6.04 Å². The standard InChI is InChI=1S/C20H20F3NS/c21-20(22,23)14-11-17(24-15-7-2-1-3-8-15)16-10-13-6-4-5-9-18(13)25-19(16)12-14/h4-6,9,11-12,15,24H,1-3,7-8,10H2. The number of alkyl halides is 3. The van der Waals surface area contributed by atoms with Crippen LogP contribution in [0.25, 0.3) is 0 Å². The third-order valence-electron chi connectivity index (χ3n) is 5.06. The van der Waals surface area contributed by atoms with E-state index in [1.54, 1.807) is 0 Å². The van der Waals surface area contributed by atoms with Gasteiger partial charge in [0.1, 0.15) is 0 Å². The Balaban J connectivity index is 1.74. The van der Waals surface area contributed by atoms with Gasteiger partial charge < -0.3 is 5.32 Å². The first kappa shape index (κ1) is 16.8. The maximum atomic E-state index is 13.4. The van der Waals surface area contributed by atoms with Gasteiger partial charge in [0, 0.05) is 27.9 Å². The first-order valence-electron chi connectivity index (χ1n) is 8.77. The lowest BCUT2D eigenvalue weighted by Crippen LogP contribution is -2.24. The number of benzene rings is 2. The number of halogens is 3. The van der Waals surface area contributed by atoms with E-state index < -0.39 is 11.7 Å². The summed E-state index contributed by atoms with van der Waals surface area (Å²) in [6.45, 7) is 0. The molecule has 1 nitrogen and oxygen atoms in total. The molecule has 4 rings (SSSR count). The van der Waals surface area contributed by atoms with Crippen LogP contribution in [0.5, 0.6) is 0 Å². The smallest absolute Gasteiger partial charge is 0.382 e. The van der Waals surface area contributed by atoms with Gasteiger partial charge in [-0.15, -0.1) is 0 Å². The largest absolute Gasteiger partial charge is 0.416 e. The summed E-state index contributed by atoms with van der Waals surface area (Å²) in [6, 6.07) is 10.9. The third kappa shape index (κ3) is 3.52. The van der Waals surface area contributed by atoms with Gasteiger partial charge in [0.15, 0.2) is 0 Å². The number of rotatable bonds is 2. The number of fused-ring (bicyclic) bond motifs is 2. The van der Waals surface area contributed by atoms with Crippen molar-refractivity contribution in [3.05, 3.63) is 53.1 Å². The van der Waals surface area contributed by atoms with E-state index in [4.69, 9.17) is 0 Å². The summed E-state index contributed by atoms with van der Waals surface area (Å²) in [6.07, 6.45) is 1.96. The topological polar surface area (TPSA) is 12.0 Å². The molecule has 1 heterocycles. The van der Waals surface area contributed by atoms with E-state index in [9.17, 15) is 13.2 Å². The molecule has 0 bridgehead atoms. The zero-order chi connectivity index (χ0) is 17.4. The third-order valence-corrected chi connectivity index (χ3v) is 6.26. The number of nitrogens with one attached hydrogen (secondary N) is 1. The molecule has 5 heteroatoms. The van der Waals surface area contributed by atoms with Crippen LogP contribution in [0.1, 0.15) is 48.8 Å². The summed E-state index contributed by atoms with van der Waals surface area (Å²) in [4.78, 5) is 1.78. The Morgan fingerprint density at radius 3 is 2.48 bits per heavy atom. The minimum absolute atomic E-state index is 0.281. The molecule has 0 saturated heterocycles. The van der Waals surface area contributed by atoms with Gasteiger partial charge in [0.25, 0.3) is 0 Å². The molecular weight excluding hydrogens is 343 g/mol. The van der Waals surface area contributed by atoms with Gasteiger partial charge >= 0.3 is 6.18 Å². The average molecular weight is 363 g/mol. The second-order valence-electron chi connectivity index (χ2n) is 6.86. The van der Waals surface area contributed by atoms with Crippen molar-refractivity contribution in [1.29, 1.82) is 0 Å². The molecule has 1 saturated carbocycles. The minimum Gasteiger partial charge on any atom is -0.382 e. The summed E-state index contributed by atoms with van der Waals surface area (Å²) < 4.78 is 40.1. The van der Waals surface area contributed by atoms with E-state index in [2.05, 4.69) is 11.4 Å². The molecule has 132 valence electrons. The van der Waals surface area contributed by atoms with Crippen LogP contribution in [-0.4, -0.2) is 6.04 Å². The lowest BCUT2D eigenvalue weighted by atomic mass is 9.94. The van der Waals surface area contributed by atoms with Gasteiger partial charge in [-0.3, -0.25) is 0 Å². The first-order chi connectivity index (χ1) is 12.0. The lowest BCUT2D eigenvalue weighted by molar-refractivity contribution is -0.137. The highest BCUT2D eigenvalue weighted by atomic mass is 32.2. The lowest BCUT2D eigenvalue weighted by Gasteiger charge is -2.28. The predicted molar refractivity (Wildman–Crippen MR) is 95.3 cm³/mol. The quantitative estimate of drug-likeness (QED) is 0.557. The first-order valence-corrected chi connectivity index (χ1v) is 9.59. The number of anilines is 1. The molecule has 1 N–H and O–H groups in total. The van der Waals surface area contributed by atoms with Gasteiger partial charge in [-0.05, 0) is 42.2 Å². The van der Waals surface area contributed by atoms with E-state index in [0.29, 0.717) is 12.1 Å². The Kier molecular flexibility index (Phi) is 4.44. The zero-order valence-corrected chi connectivity index (χ0v) is 14.6. The summed E-state index contributed by atoms with van der Waals surface area (Å²) in [5.74, 6) is 0. The summed E-state index contributed by atoms with van der Waals surface area (Å²) in [7, 11) is 0. The molecule has 1 aliphatic carbocycles. The van der Waals surface area contributed by atoms with Crippen molar-refractivity contribution < 1.29 is 13.2 Å². The van der Waals surface area contributed by atoms with Crippen molar-refractivity contribution >= 4 is 17.4 Å². The van der Waals surface area contributed by atoms with Crippen molar-refractivity contribution in [3.63, 3.8) is 0 Å². The Hall–Kier alpha value is -1.62. The Labute approximate surface area is 150 Å². The van der Waals surface area contributed by atoms with Crippen LogP contribution in [0.4, 0.5) is 18.9 Å². The second-order valence-corrected chi connectivity index (χ2v) is 7.95. The van der Waals surface area contributed by atoms with E-state index >= 15 is 0 Å². The molecule has 0 unspecified atom stereocenters. The van der Waals surface area contributed by atoms with Crippen molar-refractivity contribution in [1.82, 2.24) is 0 Å². The summed E-state index contributed by atoms with van der Waals surface area (Å²) in [5.41, 5.74) is 2.30. The van der Waals surface area contributed by atoms with Crippen molar-refractivity contribution in [2.75, 3.05) is 5.32 Å². The van der Waals surface area contributed by atoms with Gasteiger partial charge in [-0.25, -0.2) is 0 Å². The van der Waals surface area contributed by atoms with Crippen molar-refractivity contribution in [2.24, 2.45) is 0 Å². The van der Waals surface area contributed by atoms with Gasteiger partial charge in [-0.2, -0.15) is 13.2 Å². The fraction of sp³-hybridized carbons (Fsp3) is 0.400. The average Bonchev–Trinajstić information content (AvgIpc) is 2.60. The fourth-order valence-electron chi connectivity index (χ4n) is 3.74. The molecule has 0 amide bonds. The highest BCUT2D eigenvalue weighted by Crippen LogP contribution is 2.45. The Bertz CT molecular complexity index is 779. The fourth-order valence-corrected chi connectivity index (χ4v) is 4.88. The van der Waals surface area contributed by atoms with Gasteiger partial charge in [0.2, 0.25) is 0 Å². The highest BCUT2D eigenvalue weighted by molar-refractivity contribution is 7.99. The predicted octanol–water partition coefficient (Wildman–Crippen LogP) is 6.51. The zero-order valence-electron chi connectivity index (χ0n) is 13.8. The normalized spacial score (nSPS) is 17.7.